The number of carbonyl (C=O) groups is 1. The predicted molar refractivity (Wildman–Crippen MR) is 119 cm³/mol. The number of halogens is 1. The molecule has 1 heterocycles. The van der Waals surface area contributed by atoms with E-state index in [0.717, 1.165) is 32.9 Å². The summed E-state index contributed by atoms with van der Waals surface area (Å²) in [5.74, 6) is 2.58. The minimum atomic E-state index is -0.0337. The molecule has 29 heavy (non-hydrogen) atoms. The first-order chi connectivity index (χ1) is 14.1. The van der Waals surface area contributed by atoms with Crippen molar-refractivity contribution < 1.29 is 9.53 Å². The Bertz CT molecular complexity index is 946. The molecule has 0 spiro atoms. The molecule has 1 N–H and O–H groups in total. The second kappa shape index (κ2) is 10.6. The predicted octanol–water partition coefficient (Wildman–Crippen LogP) is 4.24. The van der Waals surface area contributed by atoms with E-state index in [0.29, 0.717) is 11.7 Å². The number of amides is 1. The number of nitrogens with zero attached hydrogens (tertiary/aromatic N) is 3. The Morgan fingerprint density at radius 2 is 1.83 bits per heavy atom. The molecule has 0 radical (unpaired) electrons. The van der Waals surface area contributed by atoms with Crippen LogP contribution in [0.5, 0.6) is 5.75 Å². The van der Waals surface area contributed by atoms with Gasteiger partial charge in [-0.25, -0.2) is 0 Å². The van der Waals surface area contributed by atoms with Crippen LogP contribution in [-0.4, -0.2) is 45.8 Å². The first kappa shape index (κ1) is 21.5. The average molecular weight is 449 g/mol. The summed E-state index contributed by atoms with van der Waals surface area (Å²) in [5.41, 5.74) is 0.926. The van der Waals surface area contributed by atoms with Crippen LogP contribution in [0.15, 0.2) is 58.6 Å². The summed E-state index contributed by atoms with van der Waals surface area (Å²) in [4.78, 5) is 13.3. The number of ether oxygens (including phenoxy) is 1. The van der Waals surface area contributed by atoms with Gasteiger partial charge in [0.05, 0.1) is 12.9 Å². The summed E-state index contributed by atoms with van der Waals surface area (Å²) < 4.78 is 7.12. The lowest BCUT2D eigenvalue weighted by molar-refractivity contribution is -0.118. The van der Waals surface area contributed by atoms with Crippen LogP contribution >= 0.6 is 35.1 Å². The van der Waals surface area contributed by atoms with E-state index < -0.39 is 0 Å². The third-order valence-electron chi connectivity index (χ3n) is 3.96. The van der Waals surface area contributed by atoms with Crippen LogP contribution in [-0.2, 0) is 4.79 Å². The Morgan fingerprint density at radius 1 is 1.10 bits per heavy atom. The highest BCUT2D eigenvalue weighted by molar-refractivity contribution is 7.99. The Morgan fingerprint density at radius 3 is 2.52 bits per heavy atom. The van der Waals surface area contributed by atoms with Crippen molar-refractivity contribution in [2.75, 3.05) is 25.2 Å². The highest BCUT2D eigenvalue weighted by atomic mass is 35.5. The van der Waals surface area contributed by atoms with E-state index in [1.165, 1.54) is 11.8 Å². The molecule has 0 fully saturated rings. The van der Waals surface area contributed by atoms with E-state index in [1.807, 2.05) is 60.0 Å². The van der Waals surface area contributed by atoms with Crippen LogP contribution in [0.4, 0.5) is 0 Å². The molecule has 0 aliphatic rings. The number of benzene rings is 2. The van der Waals surface area contributed by atoms with Gasteiger partial charge in [-0.05, 0) is 55.5 Å². The van der Waals surface area contributed by atoms with Crippen molar-refractivity contribution >= 4 is 41.0 Å². The Labute approximate surface area is 183 Å². The molecule has 1 aromatic heterocycles. The molecule has 6 nitrogen and oxygen atoms in total. The standard InChI is InChI=1S/C20H21ClN4O2S2/c1-14-23-24-20(25(14)16-5-7-17(27-2)8-6-16)29-13-19(26)22-11-12-28-18-9-3-15(21)4-10-18/h3-10H,11-13H2,1-2H3,(H,22,26). The molecule has 152 valence electrons. The zero-order valence-electron chi connectivity index (χ0n) is 16.1. The van der Waals surface area contributed by atoms with Gasteiger partial charge in [-0.2, -0.15) is 0 Å². The fourth-order valence-corrected chi connectivity index (χ4v) is 4.26. The van der Waals surface area contributed by atoms with Crippen molar-refractivity contribution in [2.45, 2.75) is 17.0 Å². The topological polar surface area (TPSA) is 69.0 Å². The maximum atomic E-state index is 12.2. The van der Waals surface area contributed by atoms with Gasteiger partial charge in [0.15, 0.2) is 5.16 Å². The van der Waals surface area contributed by atoms with Crippen molar-refractivity contribution in [3.05, 3.63) is 59.4 Å². The summed E-state index contributed by atoms with van der Waals surface area (Å²) in [5, 5.41) is 12.7. The fraction of sp³-hybridized carbons (Fsp3) is 0.250. The number of thioether (sulfide) groups is 2. The van der Waals surface area contributed by atoms with Crippen molar-refractivity contribution in [1.82, 2.24) is 20.1 Å². The summed E-state index contributed by atoms with van der Waals surface area (Å²) in [6, 6.07) is 15.3. The third-order valence-corrected chi connectivity index (χ3v) is 6.16. The van der Waals surface area contributed by atoms with Crippen LogP contribution in [0.1, 0.15) is 5.82 Å². The van der Waals surface area contributed by atoms with Crippen LogP contribution in [0, 0.1) is 6.92 Å². The largest absolute Gasteiger partial charge is 0.497 e. The smallest absolute Gasteiger partial charge is 0.230 e. The summed E-state index contributed by atoms with van der Waals surface area (Å²) in [6.45, 7) is 2.48. The van der Waals surface area contributed by atoms with Gasteiger partial charge in [-0.3, -0.25) is 9.36 Å². The van der Waals surface area contributed by atoms with E-state index in [4.69, 9.17) is 16.3 Å². The summed E-state index contributed by atoms with van der Waals surface area (Å²) >= 11 is 8.92. The lowest BCUT2D eigenvalue weighted by Crippen LogP contribution is -2.27. The van der Waals surface area contributed by atoms with Gasteiger partial charge in [0, 0.05) is 27.9 Å². The Balaban J connectivity index is 1.48. The molecule has 0 bridgehead atoms. The maximum Gasteiger partial charge on any atom is 0.230 e. The van der Waals surface area contributed by atoms with E-state index >= 15 is 0 Å². The SMILES string of the molecule is COc1ccc(-n2c(C)nnc2SCC(=O)NCCSc2ccc(Cl)cc2)cc1. The van der Waals surface area contributed by atoms with Gasteiger partial charge in [0.25, 0.3) is 0 Å². The van der Waals surface area contributed by atoms with Crippen LogP contribution in [0.3, 0.4) is 0 Å². The third kappa shape index (κ3) is 6.16. The minimum absolute atomic E-state index is 0.0337. The number of rotatable bonds is 9. The Hall–Kier alpha value is -2.16. The van der Waals surface area contributed by atoms with Crippen molar-refractivity contribution in [1.29, 1.82) is 0 Å². The number of nitrogens with one attached hydrogen (secondary N) is 1. The molecule has 0 aliphatic heterocycles. The molecular weight excluding hydrogens is 428 g/mol. The van der Waals surface area contributed by atoms with Gasteiger partial charge < -0.3 is 10.1 Å². The van der Waals surface area contributed by atoms with E-state index in [1.54, 1.807) is 18.9 Å². The summed E-state index contributed by atoms with van der Waals surface area (Å²) in [6.07, 6.45) is 0. The normalized spacial score (nSPS) is 10.7. The van der Waals surface area contributed by atoms with Gasteiger partial charge in [0.1, 0.15) is 11.6 Å². The number of hydrogen-bond donors (Lipinski definition) is 1. The zero-order chi connectivity index (χ0) is 20.6. The number of hydrogen-bond acceptors (Lipinski definition) is 6. The molecular formula is C20H21ClN4O2S2. The van der Waals surface area contributed by atoms with Crippen LogP contribution in [0.2, 0.25) is 5.02 Å². The number of aryl methyl sites for hydroxylation is 1. The Kier molecular flexibility index (Phi) is 7.85. The van der Waals surface area contributed by atoms with E-state index in [9.17, 15) is 4.79 Å². The maximum absolute atomic E-state index is 12.2. The van der Waals surface area contributed by atoms with E-state index in [2.05, 4.69) is 15.5 Å². The van der Waals surface area contributed by atoms with Gasteiger partial charge in [-0.15, -0.1) is 22.0 Å². The fourth-order valence-electron chi connectivity index (χ4n) is 2.54. The molecule has 0 saturated heterocycles. The highest BCUT2D eigenvalue weighted by Gasteiger charge is 2.13. The molecule has 0 saturated carbocycles. The molecule has 2 aromatic carbocycles. The number of aromatic nitrogens is 3. The van der Waals surface area contributed by atoms with Crippen LogP contribution in [0.25, 0.3) is 5.69 Å². The molecule has 0 atom stereocenters. The first-order valence-corrected chi connectivity index (χ1v) is 11.3. The molecule has 3 rings (SSSR count). The second-order valence-corrected chi connectivity index (χ2v) is 8.55. The van der Waals surface area contributed by atoms with Gasteiger partial charge in [-0.1, -0.05) is 23.4 Å². The molecule has 9 heteroatoms. The van der Waals surface area contributed by atoms with E-state index in [-0.39, 0.29) is 11.7 Å². The minimum Gasteiger partial charge on any atom is -0.497 e. The lowest BCUT2D eigenvalue weighted by atomic mass is 10.3. The monoisotopic (exact) mass is 448 g/mol. The molecule has 3 aromatic rings. The van der Waals surface area contributed by atoms with Gasteiger partial charge >= 0.3 is 0 Å². The van der Waals surface area contributed by atoms with Crippen molar-refractivity contribution in [3.63, 3.8) is 0 Å². The second-order valence-electron chi connectivity index (χ2n) is 6.00. The molecule has 0 unspecified atom stereocenters. The highest BCUT2D eigenvalue weighted by Crippen LogP contribution is 2.23. The van der Waals surface area contributed by atoms with Crippen molar-refractivity contribution in [2.24, 2.45) is 0 Å². The quantitative estimate of drug-likeness (QED) is 0.390. The summed E-state index contributed by atoms with van der Waals surface area (Å²) in [7, 11) is 1.63. The number of carbonyl (C=O) groups excluding carboxylic acids is 1. The average Bonchev–Trinajstić information content (AvgIpc) is 3.11. The zero-order valence-corrected chi connectivity index (χ0v) is 18.5. The van der Waals surface area contributed by atoms with Crippen molar-refractivity contribution in [3.8, 4) is 11.4 Å². The van der Waals surface area contributed by atoms with Crippen LogP contribution < -0.4 is 10.1 Å². The van der Waals surface area contributed by atoms with Gasteiger partial charge in [0.2, 0.25) is 5.91 Å². The lowest BCUT2D eigenvalue weighted by Gasteiger charge is -2.09. The molecule has 0 aliphatic carbocycles. The molecule has 1 amide bonds. The number of methoxy groups -OCH3 is 1. The first-order valence-electron chi connectivity index (χ1n) is 8.91.